The monoisotopic (exact) mass is 550 g/mol. The Morgan fingerprint density at radius 1 is 0.558 bits per heavy atom. The summed E-state index contributed by atoms with van der Waals surface area (Å²) in [6, 6.07) is 40.6. The van der Waals surface area contributed by atoms with E-state index in [1.165, 1.54) is 81.7 Å². The van der Waals surface area contributed by atoms with Crippen LogP contribution in [0.4, 0.5) is 0 Å². The lowest BCUT2D eigenvalue weighted by molar-refractivity contribution is 1.04. The number of fused-ring (bicyclic) bond motifs is 4. The molecule has 206 valence electrons. The van der Waals surface area contributed by atoms with Crippen molar-refractivity contribution >= 4 is 55.6 Å². The number of benzene rings is 6. The van der Waals surface area contributed by atoms with Crippen molar-refractivity contribution in [1.82, 2.24) is 0 Å². The van der Waals surface area contributed by atoms with Crippen LogP contribution >= 0.6 is 0 Å². The molecule has 6 aromatic rings. The molecule has 0 nitrogen and oxygen atoms in total. The maximum atomic E-state index is 2.48. The van der Waals surface area contributed by atoms with Crippen molar-refractivity contribution < 1.29 is 0 Å². The average molecular weight is 551 g/mol. The van der Waals surface area contributed by atoms with Gasteiger partial charge in [0, 0.05) is 0 Å². The van der Waals surface area contributed by atoms with Crippen molar-refractivity contribution in [2.45, 2.75) is 33.1 Å². The zero-order valence-corrected chi connectivity index (χ0v) is 24.8. The van der Waals surface area contributed by atoms with E-state index >= 15 is 0 Å². The fraction of sp³-hybridized carbons (Fsp3) is 0.116. The van der Waals surface area contributed by atoms with Crippen molar-refractivity contribution in [3.63, 3.8) is 0 Å². The topological polar surface area (TPSA) is 0 Å². The molecule has 0 atom stereocenters. The van der Waals surface area contributed by atoms with Crippen LogP contribution in [0.25, 0.3) is 66.7 Å². The third kappa shape index (κ3) is 4.37. The van der Waals surface area contributed by atoms with Gasteiger partial charge in [-0.25, -0.2) is 0 Å². The smallest absolute Gasteiger partial charge is 0.00261 e. The number of rotatable bonds is 4. The average Bonchev–Trinajstić information content (AvgIpc) is 3.30. The van der Waals surface area contributed by atoms with E-state index in [0.717, 1.165) is 19.3 Å². The number of hydrogen-bond donors (Lipinski definition) is 0. The molecule has 2 aliphatic rings. The van der Waals surface area contributed by atoms with Crippen LogP contribution in [-0.2, 0) is 0 Å². The molecular formula is C43H34. The van der Waals surface area contributed by atoms with Gasteiger partial charge >= 0.3 is 0 Å². The van der Waals surface area contributed by atoms with E-state index < -0.39 is 0 Å². The molecule has 43 heavy (non-hydrogen) atoms. The molecule has 8 rings (SSSR count). The molecule has 2 aliphatic carbocycles. The molecule has 0 amide bonds. The highest BCUT2D eigenvalue weighted by Gasteiger charge is 2.20. The van der Waals surface area contributed by atoms with Crippen LogP contribution in [0.1, 0.15) is 44.2 Å². The molecule has 0 bridgehead atoms. The molecule has 0 aromatic heterocycles. The molecule has 0 N–H and O–H groups in total. The molecule has 0 heterocycles. The Hall–Kier alpha value is -4.94. The highest BCUT2D eigenvalue weighted by atomic mass is 14.2. The standard InChI is InChI=1S/C43H34/c1-3-29-24-37(23-28(29)2)34-21-22-40-41(27-34)43(35-16-10-15-30-11-4-6-13-32(30)25-35)39-18-9-8-17-38(39)42(40)36-20-19-31-12-5-7-14-33(31)26-36/h4-9,11-23,25-27H,3,10,24H2,1-2H3. The molecule has 6 aromatic carbocycles. The fourth-order valence-corrected chi connectivity index (χ4v) is 7.26. The Morgan fingerprint density at radius 3 is 2.07 bits per heavy atom. The fourth-order valence-electron chi connectivity index (χ4n) is 7.26. The zero-order valence-electron chi connectivity index (χ0n) is 24.8. The predicted octanol–water partition coefficient (Wildman–Crippen LogP) is 10.4. The van der Waals surface area contributed by atoms with Gasteiger partial charge in [-0.2, -0.15) is 0 Å². The Morgan fingerprint density at radius 2 is 1.26 bits per heavy atom. The first-order valence-electron chi connectivity index (χ1n) is 15.5. The predicted molar refractivity (Wildman–Crippen MR) is 187 cm³/mol. The molecule has 0 saturated heterocycles. The summed E-state index contributed by atoms with van der Waals surface area (Å²) >= 11 is 0. The maximum Gasteiger partial charge on any atom is -0.00261 e. The second-order valence-electron chi connectivity index (χ2n) is 12.0. The minimum Gasteiger partial charge on any atom is -0.0728 e. The first kappa shape index (κ1) is 25.7. The largest absolute Gasteiger partial charge is 0.0728 e. The Balaban J connectivity index is 1.46. The molecule has 0 radical (unpaired) electrons. The third-order valence-electron chi connectivity index (χ3n) is 9.48. The van der Waals surface area contributed by atoms with Crippen molar-refractivity contribution in [1.29, 1.82) is 0 Å². The van der Waals surface area contributed by atoms with E-state index in [2.05, 4.69) is 147 Å². The first-order valence-corrected chi connectivity index (χ1v) is 15.5. The second kappa shape index (κ2) is 10.4. The summed E-state index contributed by atoms with van der Waals surface area (Å²) in [5.74, 6) is 0. The molecule has 0 fully saturated rings. The lowest BCUT2D eigenvalue weighted by Crippen LogP contribution is -2.22. The number of hydrogen-bond acceptors (Lipinski definition) is 0. The number of allylic oxidation sites excluding steroid dienone is 6. The van der Waals surface area contributed by atoms with Gasteiger partial charge in [0.2, 0.25) is 0 Å². The summed E-state index contributed by atoms with van der Waals surface area (Å²) in [4.78, 5) is 0. The minimum absolute atomic E-state index is 0.916. The van der Waals surface area contributed by atoms with Crippen molar-refractivity contribution in [3.05, 3.63) is 154 Å². The summed E-state index contributed by atoms with van der Waals surface area (Å²) < 4.78 is 0. The Labute approximate surface area is 253 Å². The molecular weight excluding hydrogens is 516 g/mol. The van der Waals surface area contributed by atoms with Crippen LogP contribution in [-0.4, -0.2) is 0 Å². The third-order valence-corrected chi connectivity index (χ3v) is 9.48. The Bertz CT molecular complexity index is 2320. The lowest BCUT2D eigenvalue weighted by Gasteiger charge is -2.19. The van der Waals surface area contributed by atoms with Gasteiger partial charge in [-0.3, -0.25) is 0 Å². The van der Waals surface area contributed by atoms with Crippen LogP contribution in [0.15, 0.2) is 132 Å². The summed E-state index contributed by atoms with van der Waals surface area (Å²) in [5, 5.41) is 10.4. The van der Waals surface area contributed by atoms with Crippen LogP contribution in [0, 0.1) is 0 Å². The van der Waals surface area contributed by atoms with Gasteiger partial charge in [-0.15, -0.1) is 0 Å². The van der Waals surface area contributed by atoms with Crippen LogP contribution in [0.2, 0.25) is 0 Å². The first-order chi connectivity index (χ1) is 21.2. The summed E-state index contributed by atoms with van der Waals surface area (Å²) in [6.45, 7) is 4.54. The highest BCUT2D eigenvalue weighted by Crippen LogP contribution is 2.44. The Kier molecular flexibility index (Phi) is 6.23. The van der Waals surface area contributed by atoms with E-state index in [0.29, 0.717) is 0 Å². The lowest BCUT2D eigenvalue weighted by atomic mass is 9.84. The van der Waals surface area contributed by atoms with E-state index in [-0.39, 0.29) is 0 Å². The van der Waals surface area contributed by atoms with Crippen LogP contribution in [0.5, 0.6) is 0 Å². The maximum absolute atomic E-state index is 2.48. The van der Waals surface area contributed by atoms with Gasteiger partial charge in [-0.1, -0.05) is 133 Å². The molecule has 0 heteroatoms. The molecule has 0 spiro atoms. The second-order valence-corrected chi connectivity index (χ2v) is 12.0. The van der Waals surface area contributed by atoms with Gasteiger partial charge in [-0.05, 0) is 121 Å². The van der Waals surface area contributed by atoms with Gasteiger partial charge in [0.15, 0.2) is 0 Å². The van der Waals surface area contributed by atoms with E-state index in [9.17, 15) is 0 Å². The van der Waals surface area contributed by atoms with E-state index in [1.807, 2.05) is 0 Å². The SMILES string of the molecule is CCC1=C(C)C=C(c2ccc3c(-c4ccc5ccccc5c4)c4ccccc4c(C4=CCC=c5ccccc5=C4)c3c2)C1. The van der Waals surface area contributed by atoms with Gasteiger partial charge in [0.25, 0.3) is 0 Å². The highest BCUT2D eigenvalue weighted by molar-refractivity contribution is 6.21. The van der Waals surface area contributed by atoms with Crippen LogP contribution < -0.4 is 10.4 Å². The van der Waals surface area contributed by atoms with E-state index in [4.69, 9.17) is 0 Å². The zero-order chi connectivity index (χ0) is 28.9. The quantitative estimate of drug-likeness (QED) is 0.192. The summed E-state index contributed by atoms with van der Waals surface area (Å²) in [6.07, 6.45) is 12.6. The van der Waals surface area contributed by atoms with Gasteiger partial charge in [0.05, 0.1) is 0 Å². The molecule has 0 unspecified atom stereocenters. The van der Waals surface area contributed by atoms with Crippen molar-refractivity contribution in [2.24, 2.45) is 0 Å². The van der Waals surface area contributed by atoms with Crippen molar-refractivity contribution in [2.75, 3.05) is 0 Å². The normalized spacial score (nSPS) is 14.7. The molecule has 0 saturated carbocycles. The molecule has 0 aliphatic heterocycles. The van der Waals surface area contributed by atoms with E-state index in [1.54, 1.807) is 5.57 Å². The summed E-state index contributed by atoms with van der Waals surface area (Å²) in [7, 11) is 0. The van der Waals surface area contributed by atoms with Gasteiger partial charge in [0.1, 0.15) is 0 Å². The van der Waals surface area contributed by atoms with Crippen molar-refractivity contribution in [3.8, 4) is 11.1 Å². The van der Waals surface area contributed by atoms with Gasteiger partial charge < -0.3 is 0 Å². The minimum atomic E-state index is 0.916. The summed E-state index contributed by atoms with van der Waals surface area (Å²) in [5.41, 5.74) is 11.0. The van der Waals surface area contributed by atoms with Crippen LogP contribution in [0.3, 0.4) is 0 Å².